The molecule has 2 heterocycles. The van der Waals surface area contributed by atoms with Gasteiger partial charge in [0.15, 0.2) is 0 Å². The summed E-state index contributed by atoms with van der Waals surface area (Å²) in [5.41, 5.74) is 4.41. The molecule has 2 aliphatic heterocycles. The maximum absolute atomic E-state index is 13.5. The van der Waals surface area contributed by atoms with Crippen molar-refractivity contribution in [3.8, 4) is 11.5 Å². The zero-order valence-corrected chi connectivity index (χ0v) is 19.2. The monoisotopic (exact) mass is 463 g/mol. The number of phenols is 1. The highest BCUT2D eigenvalue weighted by molar-refractivity contribution is 6.31. The van der Waals surface area contributed by atoms with Gasteiger partial charge in [0.05, 0.1) is 6.04 Å². The van der Waals surface area contributed by atoms with Crippen molar-refractivity contribution in [3.63, 3.8) is 0 Å². The number of benzene rings is 3. The van der Waals surface area contributed by atoms with Crippen LogP contribution in [0.5, 0.6) is 11.5 Å². The molecule has 1 fully saturated rings. The molecule has 6 nitrogen and oxygen atoms in total. The molecular weight excluding hydrogens is 438 g/mol. The summed E-state index contributed by atoms with van der Waals surface area (Å²) in [4.78, 5) is 17.5. The summed E-state index contributed by atoms with van der Waals surface area (Å²) in [5, 5.41) is 14.5. The van der Waals surface area contributed by atoms with Crippen molar-refractivity contribution in [1.82, 2.24) is 9.80 Å². The van der Waals surface area contributed by atoms with Crippen molar-refractivity contribution < 1.29 is 14.6 Å². The fourth-order valence-corrected chi connectivity index (χ4v) is 4.70. The molecule has 3 aromatic rings. The Morgan fingerprint density at radius 2 is 1.91 bits per heavy atom. The highest BCUT2D eigenvalue weighted by Crippen LogP contribution is 2.37. The van der Waals surface area contributed by atoms with E-state index < -0.39 is 0 Å². The van der Waals surface area contributed by atoms with Crippen LogP contribution in [0.1, 0.15) is 27.0 Å². The molecule has 2 aliphatic rings. The number of nitrogens with zero attached hydrogens (tertiary/aromatic N) is 2. The van der Waals surface area contributed by atoms with E-state index >= 15 is 0 Å². The van der Waals surface area contributed by atoms with Crippen LogP contribution in [0, 0.1) is 0 Å². The predicted molar refractivity (Wildman–Crippen MR) is 129 cm³/mol. The number of halogens is 1. The third-order valence-electron chi connectivity index (χ3n) is 6.19. The average molecular weight is 464 g/mol. The molecule has 0 bridgehead atoms. The molecule has 5 rings (SSSR count). The number of carbonyl (C=O) groups excluding carboxylic acids is 1. The topological polar surface area (TPSA) is 65.0 Å². The number of anilines is 1. The number of rotatable bonds is 6. The molecule has 170 valence electrons. The number of amides is 1. The SMILES string of the molecule is CN1CC(Nc2cccc3c2CN(C(=O)c2c(O)cc(Cl)cc2OCc2ccccc2)C3)C1. The molecule has 3 aromatic carbocycles. The van der Waals surface area contributed by atoms with Crippen LogP contribution in [0.4, 0.5) is 5.69 Å². The Hall–Kier alpha value is -3.22. The minimum atomic E-state index is -0.280. The first kappa shape index (κ1) is 21.6. The number of likely N-dealkylation sites (tertiary alicyclic amines) is 1. The van der Waals surface area contributed by atoms with Crippen LogP contribution in [0.2, 0.25) is 5.02 Å². The zero-order valence-electron chi connectivity index (χ0n) is 18.4. The van der Waals surface area contributed by atoms with Gasteiger partial charge in [-0.1, -0.05) is 54.1 Å². The minimum absolute atomic E-state index is 0.137. The normalized spacial score (nSPS) is 15.8. The number of phenolic OH excluding ortho intramolecular Hbond substituents is 1. The minimum Gasteiger partial charge on any atom is -0.507 e. The number of fused-ring (bicyclic) bond motifs is 1. The summed E-state index contributed by atoms with van der Waals surface area (Å²) in [6.07, 6.45) is 0. The summed E-state index contributed by atoms with van der Waals surface area (Å²) >= 11 is 6.16. The van der Waals surface area contributed by atoms with E-state index in [1.807, 2.05) is 36.4 Å². The number of carbonyl (C=O) groups is 1. The summed E-state index contributed by atoms with van der Waals surface area (Å²) in [7, 11) is 2.10. The summed E-state index contributed by atoms with van der Waals surface area (Å²) in [5.74, 6) is -0.180. The Balaban J connectivity index is 1.37. The van der Waals surface area contributed by atoms with Crippen molar-refractivity contribution in [1.29, 1.82) is 0 Å². The molecule has 1 saturated heterocycles. The van der Waals surface area contributed by atoms with Crippen LogP contribution in [0.25, 0.3) is 0 Å². The third-order valence-corrected chi connectivity index (χ3v) is 6.41. The lowest BCUT2D eigenvalue weighted by molar-refractivity contribution is 0.0743. The van der Waals surface area contributed by atoms with E-state index in [1.54, 1.807) is 11.0 Å². The molecule has 2 N–H and O–H groups in total. The lowest BCUT2D eigenvalue weighted by atomic mass is 10.1. The number of ether oxygens (including phenoxy) is 1. The van der Waals surface area contributed by atoms with Gasteiger partial charge in [-0.3, -0.25) is 4.79 Å². The van der Waals surface area contributed by atoms with Crippen LogP contribution in [-0.2, 0) is 19.7 Å². The fourth-order valence-electron chi connectivity index (χ4n) is 4.50. The highest BCUT2D eigenvalue weighted by Gasteiger charge is 2.31. The first-order valence-corrected chi connectivity index (χ1v) is 11.4. The predicted octanol–water partition coefficient (Wildman–Crippen LogP) is 4.51. The Morgan fingerprint density at radius 3 is 2.67 bits per heavy atom. The van der Waals surface area contributed by atoms with E-state index in [9.17, 15) is 9.90 Å². The molecule has 0 aromatic heterocycles. The Morgan fingerprint density at radius 1 is 1.12 bits per heavy atom. The second-order valence-electron chi connectivity index (χ2n) is 8.74. The van der Waals surface area contributed by atoms with Gasteiger partial charge in [-0.15, -0.1) is 0 Å². The molecule has 0 saturated carbocycles. The Kier molecular flexibility index (Phi) is 5.87. The van der Waals surface area contributed by atoms with Crippen LogP contribution < -0.4 is 10.1 Å². The largest absolute Gasteiger partial charge is 0.507 e. The van der Waals surface area contributed by atoms with Crippen molar-refractivity contribution in [2.75, 3.05) is 25.5 Å². The van der Waals surface area contributed by atoms with E-state index in [1.165, 1.54) is 6.07 Å². The zero-order chi connectivity index (χ0) is 22.9. The van der Waals surface area contributed by atoms with E-state index in [0.717, 1.165) is 35.5 Å². The molecule has 0 atom stereocenters. The number of aromatic hydroxyl groups is 1. The van der Waals surface area contributed by atoms with E-state index in [-0.39, 0.29) is 29.6 Å². The van der Waals surface area contributed by atoms with Crippen LogP contribution in [0.15, 0.2) is 60.7 Å². The summed E-state index contributed by atoms with van der Waals surface area (Å²) in [6.45, 7) is 3.24. The van der Waals surface area contributed by atoms with Gasteiger partial charge in [0.2, 0.25) is 0 Å². The van der Waals surface area contributed by atoms with Crippen LogP contribution >= 0.6 is 11.6 Å². The quantitative estimate of drug-likeness (QED) is 0.563. The van der Waals surface area contributed by atoms with Crippen LogP contribution in [0.3, 0.4) is 0 Å². The highest BCUT2D eigenvalue weighted by atomic mass is 35.5. The van der Waals surface area contributed by atoms with E-state index in [4.69, 9.17) is 16.3 Å². The van der Waals surface area contributed by atoms with Gasteiger partial charge >= 0.3 is 0 Å². The van der Waals surface area contributed by atoms with Crippen molar-refractivity contribution in [2.45, 2.75) is 25.7 Å². The van der Waals surface area contributed by atoms with E-state index in [2.05, 4.69) is 29.4 Å². The Bertz CT molecular complexity index is 1180. The Labute approximate surface area is 198 Å². The fraction of sp³-hybridized carbons (Fsp3) is 0.269. The second-order valence-corrected chi connectivity index (χ2v) is 9.18. The summed E-state index contributed by atoms with van der Waals surface area (Å²) in [6, 6.07) is 19.2. The molecule has 0 aliphatic carbocycles. The lowest BCUT2D eigenvalue weighted by Crippen LogP contribution is -2.52. The average Bonchev–Trinajstić information content (AvgIpc) is 3.22. The number of hydrogen-bond donors (Lipinski definition) is 2. The number of likely N-dealkylation sites (N-methyl/N-ethyl adjacent to an activating group) is 1. The lowest BCUT2D eigenvalue weighted by Gasteiger charge is -2.37. The molecule has 0 radical (unpaired) electrons. The van der Waals surface area contributed by atoms with E-state index in [0.29, 0.717) is 24.2 Å². The first-order chi connectivity index (χ1) is 16.0. The van der Waals surface area contributed by atoms with Gasteiger partial charge in [-0.2, -0.15) is 0 Å². The standard InChI is InChI=1S/C26H26ClN3O3/c1-29-13-20(14-29)28-22-9-5-8-18-12-30(15-21(18)22)26(32)25-23(31)10-19(27)11-24(25)33-16-17-6-3-2-4-7-17/h2-11,20,28,31H,12-16H2,1H3. The second kappa shape index (κ2) is 8.96. The van der Waals surface area contributed by atoms with Gasteiger partial charge in [0, 0.05) is 36.9 Å². The maximum Gasteiger partial charge on any atom is 0.262 e. The van der Waals surface area contributed by atoms with Gasteiger partial charge in [0.1, 0.15) is 23.7 Å². The maximum atomic E-state index is 13.5. The summed E-state index contributed by atoms with van der Waals surface area (Å²) < 4.78 is 5.94. The molecule has 1 amide bonds. The molecule has 33 heavy (non-hydrogen) atoms. The molecule has 7 heteroatoms. The van der Waals surface area contributed by atoms with Gasteiger partial charge in [-0.05, 0) is 41.9 Å². The van der Waals surface area contributed by atoms with Crippen LogP contribution in [-0.4, -0.2) is 47.0 Å². The molecule has 0 spiro atoms. The smallest absolute Gasteiger partial charge is 0.262 e. The molecule has 0 unspecified atom stereocenters. The number of hydrogen-bond acceptors (Lipinski definition) is 5. The van der Waals surface area contributed by atoms with Gasteiger partial charge in [0.25, 0.3) is 5.91 Å². The van der Waals surface area contributed by atoms with Gasteiger partial charge < -0.3 is 25.0 Å². The molecular formula is C26H26ClN3O3. The first-order valence-electron chi connectivity index (χ1n) is 11.0. The van der Waals surface area contributed by atoms with Crippen molar-refractivity contribution >= 4 is 23.2 Å². The van der Waals surface area contributed by atoms with Crippen molar-refractivity contribution in [3.05, 3.63) is 87.9 Å². The van der Waals surface area contributed by atoms with Gasteiger partial charge in [-0.25, -0.2) is 0 Å². The third kappa shape index (κ3) is 4.49. The van der Waals surface area contributed by atoms with Crippen molar-refractivity contribution in [2.24, 2.45) is 0 Å². The number of nitrogens with one attached hydrogen (secondary N) is 1.